The lowest BCUT2D eigenvalue weighted by Crippen LogP contribution is -1.93. The first kappa shape index (κ1) is 54.2. The second-order valence-corrected chi connectivity index (χ2v) is 10.3. The van der Waals surface area contributed by atoms with Crippen LogP contribution in [0.5, 0.6) is 0 Å². The summed E-state index contributed by atoms with van der Waals surface area (Å²) in [5, 5.41) is 0. The molecule has 0 fully saturated rings. The lowest BCUT2D eigenvalue weighted by Gasteiger charge is -2.05. The molecule has 3 heteroatoms. The van der Waals surface area contributed by atoms with E-state index in [1.54, 1.807) is 26.0 Å². The molecule has 0 N–H and O–H groups in total. The van der Waals surface area contributed by atoms with E-state index in [1.807, 2.05) is 44.6 Å². The van der Waals surface area contributed by atoms with Crippen molar-refractivity contribution in [3.8, 4) is 0 Å². The minimum absolute atomic E-state index is 0.167. The molecule has 1 aromatic carbocycles. The first-order valence-corrected chi connectivity index (χ1v) is 14.4. The number of carbonyl (C=O) groups excluding carboxylic acids is 1. The molecular weight excluding hydrogens is 436 g/mol. The van der Waals surface area contributed by atoms with Gasteiger partial charge in [0.2, 0.25) is 0 Å². The van der Waals surface area contributed by atoms with E-state index < -0.39 is 0 Å². The number of benzene rings is 1. The van der Waals surface area contributed by atoms with Crippen LogP contribution >= 0.6 is 11.8 Å². The Bertz CT molecular complexity index is 348. The quantitative estimate of drug-likeness (QED) is 0.350. The van der Waals surface area contributed by atoms with Gasteiger partial charge in [0.1, 0.15) is 5.78 Å². The third-order valence-electron chi connectivity index (χ3n) is 0.940. The summed E-state index contributed by atoms with van der Waals surface area (Å²) >= 11 is 1.75. The Morgan fingerprint density at radius 2 is 0.941 bits per heavy atom. The van der Waals surface area contributed by atoms with E-state index in [2.05, 4.69) is 100.0 Å². The van der Waals surface area contributed by atoms with Gasteiger partial charge in [0.15, 0.2) is 0 Å². The highest BCUT2D eigenvalue weighted by Crippen LogP contribution is 2.08. The van der Waals surface area contributed by atoms with E-state index in [4.69, 9.17) is 0 Å². The Morgan fingerprint density at radius 1 is 0.824 bits per heavy atom. The average Bonchev–Trinajstić information content (AvgIpc) is 2.64. The highest BCUT2D eigenvalue weighted by molar-refractivity contribution is 7.97. The third kappa shape index (κ3) is 549. The normalized spacial score (nSPS) is 7.68. The zero-order chi connectivity index (χ0) is 29.6. The van der Waals surface area contributed by atoms with Crippen molar-refractivity contribution < 1.29 is 9.53 Å². The molecule has 0 aliphatic heterocycles. The van der Waals surface area contributed by atoms with Gasteiger partial charge in [0.25, 0.3) is 0 Å². The summed E-state index contributed by atoms with van der Waals surface area (Å²) in [5.74, 6) is 1.00. The molecular formula is C31H70O2S. The van der Waals surface area contributed by atoms with Gasteiger partial charge in [-0.15, -0.1) is 0 Å². The lowest BCUT2D eigenvalue weighted by atomic mass is 10.0. The monoisotopic (exact) mass is 507 g/mol. The molecule has 0 atom stereocenters. The highest BCUT2D eigenvalue weighted by atomic mass is 32.2. The fourth-order valence-electron chi connectivity index (χ4n) is 0.534. The van der Waals surface area contributed by atoms with Crippen LogP contribution in [-0.2, 0) is 9.53 Å². The number of rotatable bonds is 0. The van der Waals surface area contributed by atoms with Crippen LogP contribution in [-0.4, -0.2) is 32.5 Å². The number of hydrogen-bond acceptors (Lipinski definition) is 3. The summed E-state index contributed by atoms with van der Waals surface area (Å²) < 4.78 is 4.25. The maximum atomic E-state index is 9.44. The Kier molecular flexibility index (Phi) is 92.8. The summed E-state index contributed by atoms with van der Waals surface area (Å²) in [6.45, 7) is 32.9. The number of aryl methyl sites for hydroxylation is 1. The Labute approximate surface area is 224 Å². The van der Waals surface area contributed by atoms with Crippen LogP contribution in [0.3, 0.4) is 0 Å². The molecule has 212 valence electrons. The number of methoxy groups -OCH3 is 1. The van der Waals surface area contributed by atoms with Gasteiger partial charge in [-0.3, -0.25) is 0 Å². The molecule has 0 spiro atoms. The van der Waals surface area contributed by atoms with Crippen LogP contribution in [0.25, 0.3) is 0 Å². The van der Waals surface area contributed by atoms with Gasteiger partial charge in [-0.2, -0.15) is 11.8 Å². The van der Waals surface area contributed by atoms with Crippen molar-refractivity contribution in [1.82, 2.24) is 0 Å². The van der Waals surface area contributed by atoms with Gasteiger partial charge in [-0.05, 0) is 44.6 Å². The van der Waals surface area contributed by atoms with E-state index in [9.17, 15) is 4.79 Å². The summed E-state index contributed by atoms with van der Waals surface area (Å²) in [6, 6.07) is 10.3. The summed E-state index contributed by atoms with van der Waals surface area (Å²) in [5.41, 5.74) is 1.82. The van der Waals surface area contributed by atoms with Crippen molar-refractivity contribution in [1.29, 1.82) is 0 Å². The summed E-state index contributed by atoms with van der Waals surface area (Å²) in [6.07, 6.45) is 6.58. The lowest BCUT2D eigenvalue weighted by molar-refractivity contribution is -0.114. The van der Waals surface area contributed by atoms with Crippen molar-refractivity contribution in [2.75, 3.05) is 26.7 Å². The van der Waals surface area contributed by atoms with Gasteiger partial charge < -0.3 is 9.53 Å². The number of ether oxygens (including phenoxy) is 1. The molecule has 0 heterocycles. The molecule has 0 saturated heterocycles. The molecule has 0 saturated carbocycles. The minimum atomic E-state index is 0.167. The summed E-state index contributed by atoms with van der Waals surface area (Å²) in [4.78, 5) is 9.44. The molecule has 1 aromatic rings. The smallest absolute Gasteiger partial charge is 0.126 e. The van der Waals surface area contributed by atoms with Gasteiger partial charge in [0.05, 0.1) is 0 Å². The van der Waals surface area contributed by atoms with Crippen LogP contribution in [0, 0.1) is 18.3 Å². The van der Waals surface area contributed by atoms with Crippen molar-refractivity contribution in [3.63, 3.8) is 0 Å². The molecule has 0 unspecified atom stereocenters. The number of hydrogen-bond donors (Lipinski definition) is 0. The van der Waals surface area contributed by atoms with Gasteiger partial charge >= 0.3 is 0 Å². The van der Waals surface area contributed by atoms with Gasteiger partial charge in [-0.1, -0.05) is 139 Å². The molecule has 2 nitrogen and oxygen atoms in total. The van der Waals surface area contributed by atoms with Crippen LogP contribution in [0.15, 0.2) is 30.3 Å². The van der Waals surface area contributed by atoms with Crippen molar-refractivity contribution >= 4 is 17.5 Å². The predicted molar refractivity (Wildman–Crippen MR) is 169 cm³/mol. The molecule has 0 amide bonds. The number of thioether (sulfide) groups is 1. The highest BCUT2D eigenvalue weighted by Gasteiger charge is 1.95. The Balaban J connectivity index is -0.0000000384. The molecule has 1 rings (SSSR count). The van der Waals surface area contributed by atoms with Crippen molar-refractivity contribution in [3.05, 3.63) is 35.9 Å². The van der Waals surface area contributed by atoms with Gasteiger partial charge in [0, 0.05) is 14.2 Å². The first-order chi connectivity index (χ1) is 15.5. The standard InChI is InChI=1S/C7H8.C5H12.C4H10.C3H6O.2C3H8.C2H6O.C2H6S.C2H6/c1-7-5-3-2-4-6-7;1-5(2,3)4;1-4(2)3;1-3(2)4;4*1-3-2;1-2/h2-6H,1H3;1-4H3;4H,1-3H3;1-2H3;2*3H2,1-2H3;2*1-2H3;1-2H3. The number of ketones is 1. The average molecular weight is 507 g/mol. The van der Waals surface area contributed by atoms with Crippen LogP contribution in [0.2, 0.25) is 0 Å². The fourth-order valence-corrected chi connectivity index (χ4v) is 0.534. The molecule has 0 bridgehead atoms. The van der Waals surface area contributed by atoms with E-state index >= 15 is 0 Å². The second kappa shape index (κ2) is 58.2. The largest absolute Gasteiger partial charge is 0.388 e. The van der Waals surface area contributed by atoms with Crippen LogP contribution in [0.1, 0.15) is 122 Å². The maximum Gasteiger partial charge on any atom is 0.126 e. The predicted octanol–water partition coefficient (Wildman–Crippen LogP) is 11.4. The topological polar surface area (TPSA) is 26.3 Å². The van der Waals surface area contributed by atoms with Gasteiger partial charge in [-0.25, -0.2) is 0 Å². The molecule has 0 aliphatic rings. The van der Waals surface area contributed by atoms with Crippen molar-refractivity contribution in [2.24, 2.45) is 11.3 Å². The SMILES string of the molecule is CC.CC(C)(C)C.CC(C)=O.CC(C)C.CCC.CCC.COC.CSC.Cc1ccccc1. The third-order valence-corrected chi connectivity index (χ3v) is 0.940. The maximum absolute atomic E-state index is 9.44. The number of Topliss-reactive ketones (excluding diaryl/α,β-unsaturated/α-hetero) is 1. The van der Waals surface area contributed by atoms with Crippen LogP contribution < -0.4 is 0 Å². The van der Waals surface area contributed by atoms with E-state index in [-0.39, 0.29) is 5.78 Å². The molecule has 0 aromatic heterocycles. The fraction of sp³-hybridized carbons (Fsp3) is 0.774. The van der Waals surface area contributed by atoms with E-state index in [0.717, 1.165) is 5.92 Å². The molecule has 34 heavy (non-hydrogen) atoms. The molecule has 0 aliphatic carbocycles. The zero-order valence-corrected chi connectivity index (χ0v) is 28.4. The Morgan fingerprint density at radius 3 is 1.00 bits per heavy atom. The van der Waals surface area contributed by atoms with Crippen LogP contribution in [0.4, 0.5) is 0 Å². The van der Waals surface area contributed by atoms with E-state index in [1.165, 1.54) is 32.3 Å². The van der Waals surface area contributed by atoms with Crippen molar-refractivity contribution in [2.45, 2.75) is 124 Å². The molecule has 0 radical (unpaired) electrons. The number of carbonyl (C=O) groups is 1. The Hall–Kier alpha value is -0.800. The van der Waals surface area contributed by atoms with E-state index in [0.29, 0.717) is 5.41 Å². The minimum Gasteiger partial charge on any atom is -0.388 e. The first-order valence-electron chi connectivity index (χ1n) is 12.8. The zero-order valence-electron chi connectivity index (χ0n) is 27.6. The summed E-state index contributed by atoms with van der Waals surface area (Å²) in [7, 11) is 3.25. The second-order valence-electron chi connectivity index (χ2n) is 9.53.